The summed E-state index contributed by atoms with van der Waals surface area (Å²) < 4.78 is 5.39. The van der Waals surface area contributed by atoms with Crippen molar-refractivity contribution in [3.05, 3.63) is 62.6 Å². The molecule has 5 heteroatoms. The van der Waals surface area contributed by atoms with E-state index >= 15 is 0 Å². The number of thiophene rings is 1. The molecule has 23 heavy (non-hydrogen) atoms. The second-order valence-electron chi connectivity index (χ2n) is 5.12. The van der Waals surface area contributed by atoms with Gasteiger partial charge in [0, 0.05) is 29.4 Å². The van der Waals surface area contributed by atoms with Gasteiger partial charge in [-0.15, -0.1) is 0 Å². The van der Waals surface area contributed by atoms with Crippen LogP contribution in [0, 0.1) is 0 Å². The monoisotopic (exact) mass is 327 g/mol. The minimum atomic E-state index is -0.582. The number of hydrogen-bond donors (Lipinski definition) is 0. The van der Waals surface area contributed by atoms with E-state index in [1.807, 2.05) is 42.3 Å². The molecule has 0 bridgehead atoms. The Labute approximate surface area is 138 Å². The minimum absolute atomic E-state index is 0.116. The van der Waals surface area contributed by atoms with Gasteiger partial charge in [-0.25, -0.2) is 4.79 Å². The van der Waals surface area contributed by atoms with Gasteiger partial charge >= 0.3 is 5.63 Å². The molecule has 2 heterocycles. The highest BCUT2D eigenvalue weighted by Gasteiger charge is 2.25. The summed E-state index contributed by atoms with van der Waals surface area (Å²) in [7, 11) is 0. The lowest BCUT2D eigenvalue weighted by molar-refractivity contribution is 0.103. The second-order valence-corrected chi connectivity index (χ2v) is 5.90. The Bertz CT molecular complexity index is 892. The predicted octanol–water partition coefficient (Wildman–Crippen LogP) is 3.93. The molecule has 2 aromatic heterocycles. The first-order valence-electron chi connectivity index (χ1n) is 7.55. The molecule has 4 nitrogen and oxygen atoms in total. The lowest BCUT2D eigenvalue weighted by atomic mass is 10.0. The number of ketones is 1. The summed E-state index contributed by atoms with van der Waals surface area (Å²) in [6.07, 6.45) is 0. The number of anilines is 1. The first-order chi connectivity index (χ1) is 11.2. The normalized spacial score (nSPS) is 10.9. The molecule has 3 rings (SSSR count). The quantitative estimate of drug-likeness (QED) is 0.526. The van der Waals surface area contributed by atoms with Crippen LogP contribution in [0.15, 0.2) is 50.3 Å². The summed E-state index contributed by atoms with van der Waals surface area (Å²) in [5, 5.41) is 4.37. The molecule has 0 N–H and O–H groups in total. The molecule has 0 saturated carbocycles. The first-order valence-corrected chi connectivity index (χ1v) is 8.49. The summed E-state index contributed by atoms with van der Waals surface area (Å²) in [4.78, 5) is 27.4. The van der Waals surface area contributed by atoms with Crippen LogP contribution in [0.5, 0.6) is 0 Å². The number of hydrogen-bond acceptors (Lipinski definition) is 5. The number of fused-ring (bicyclic) bond motifs is 1. The average molecular weight is 327 g/mol. The number of nitrogens with zero attached hydrogens (tertiary/aromatic N) is 1. The van der Waals surface area contributed by atoms with Gasteiger partial charge in [-0.1, -0.05) is 12.1 Å². The zero-order valence-corrected chi connectivity index (χ0v) is 13.9. The van der Waals surface area contributed by atoms with E-state index in [2.05, 4.69) is 0 Å². The van der Waals surface area contributed by atoms with Gasteiger partial charge in [-0.05, 0) is 37.4 Å². The van der Waals surface area contributed by atoms with Gasteiger partial charge < -0.3 is 9.32 Å². The summed E-state index contributed by atoms with van der Waals surface area (Å²) in [5.41, 5.74) is 1.22. The molecule has 0 aliphatic rings. The Morgan fingerprint density at radius 2 is 1.91 bits per heavy atom. The predicted molar refractivity (Wildman–Crippen MR) is 93.8 cm³/mol. The zero-order chi connectivity index (χ0) is 16.4. The highest BCUT2D eigenvalue weighted by Crippen LogP contribution is 2.30. The molecule has 1 aromatic carbocycles. The van der Waals surface area contributed by atoms with Crippen molar-refractivity contribution < 1.29 is 9.21 Å². The third-order valence-corrected chi connectivity index (χ3v) is 4.56. The number of carbonyl (C=O) groups is 1. The Balaban J connectivity index is 2.36. The standard InChI is InChI=1S/C18H17NO3S/c1-3-19(4-2)16-13-7-5-6-8-14(13)22-18(21)15(16)17(20)12-9-10-23-11-12/h5-11H,3-4H2,1-2H3. The van der Waals surface area contributed by atoms with Crippen LogP contribution in [0.1, 0.15) is 29.8 Å². The van der Waals surface area contributed by atoms with Gasteiger partial charge in [0.15, 0.2) is 0 Å². The van der Waals surface area contributed by atoms with Gasteiger partial charge in [0.2, 0.25) is 5.78 Å². The Morgan fingerprint density at radius 1 is 1.17 bits per heavy atom. The number of rotatable bonds is 5. The van der Waals surface area contributed by atoms with Crippen LogP contribution in [0.3, 0.4) is 0 Å². The van der Waals surface area contributed by atoms with Crippen molar-refractivity contribution in [2.75, 3.05) is 18.0 Å². The summed E-state index contributed by atoms with van der Waals surface area (Å²) >= 11 is 1.43. The number of benzene rings is 1. The van der Waals surface area contributed by atoms with E-state index in [9.17, 15) is 9.59 Å². The molecule has 0 unspecified atom stereocenters. The molecule has 0 amide bonds. The third-order valence-electron chi connectivity index (χ3n) is 3.88. The van der Waals surface area contributed by atoms with E-state index < -0.39 is 5.63 Å². The molecule has 3 aromatic rings. The summed E-state index contributed by atoms with van der Waals surface area (Å²) in [6.45, 7) is 5.42. The van der Waals surface area contributed by atoms with Crippen LogP contribution in [-0.2, 0) is 0 Å². The van der Waals surface area contributed by atoms with Crippen molar-refractivity contribution in [1.82, 2.24) is 0 Å². The second kappa shape index (κ2) is 6.38. The lowest BCUT2D eigenvalue weighted by Gasteiger charge is -2.24. The van der Waals surface area contributed by atoms with E-state index in [1.165, 1.54) is 11.3 Å². The molecular weight excluding hydrogens is 310 g/mol. The van der Waals surface area contributed by atoms with Crippen LogP contribution in [-0.4, -0.2) is 18.9 Å². The summed E-state index contributed by atoms with van der Waals surface area (Å²) in [6, 6.07) is 9.07. The molecule has 0 aliphatic heterocycles. The van der Waals surface area contributed by atoms with E-state index in [4.69, 9.17) is 4.42 Å². The topological polar surface area (TPSA) is 50.5 Å². The Kier molecular flexibility index (Phi) is 4.30. The van der Waals surface area contributed by atoms with Crippen molar-refractivity contribution in [2.45, 2.75) is 13.8 Å². The molecule has 0 saturated heterocycles. The van der Waals surface area contributed by atoms with Gasteiger partial charge in [0.05, 0.1) is 5.69 Å². The SMILES string of the molecule is CCN(CC)c1c(C(=O)c2ccsc2)c(=O)oc2ccccc12. The number of para-hydroxylation sites is 1. The van der Waals surface area contributed by atoms with Crippen molar-refractivity contribution >= 4 is 33.8 Å². The van der Waals surface area contributed by atoms with E-state index in [1.54, 1.807) is 17.5 Å². The summed E-state index contributed by atoms with van der Waals surface area (Å²) in [5.74, 6) is -0.285. The Hall–Kier alpha value is -2.40. The zero-order valence-electron chi connectivity index (χ0n) is 13.0. The van der Waals surface area contributed by atoms with Crippen molar-refractivity contribution in [3.8, 4) is 0 Å². The number of carbonyl (C=O) groups excluding carboxylic acids is 1. The fraction of sp³-hybridized carbons (Fsp3) is 0.222. The van der Waals surface area contributed by atoms with Crippen LogP contribution < -0.4 is 10.5 Å². The van der Waals surface area contributed by atoms with Gasteiger partial charge in [-0.2, -0.15) is 11.3 Å². The van der Waals surface area contributed by atoms with Crippen molar-refractivity contribution in [1.29, 1.82) is 0 Å². The molecule has 0 fully saturated rings. The maximum atomic E-state index is 12.8. The molecule has 0 radical (unpaired) electrons. The smallest absolute Gasteiger partial charge is 0.349 e. The van der Waals surface area contributed by atoms with E-state index in [-0.39, 0.29) is 11.3 Å². The molecule has 118 valence electrons. The van der Waals surface area contributed by atoms with Gasteiger partial charge in [-0.3, -0.25) is 4.79 Å². The largest absolute Gasteiger partial charge is 0.422 e. The maximum Gasteiger partial charge on any atom is 0.349 e. The highest BCUT2D eigenvalue weighted by molar-refractivity contribution is 7.08. The van der Waals surface area contributed by atoms with Crippen LogP contribution in [0.25, 0.3) is 11.0 Å². The van der Waals surface area contributed by atoms with Crippen molar-refractivity contribution in [2.24, 2.45) is 0 Å². The fourth-order valence-corrected chi connectivity index (χ4v) is 3.38. The minimum Gasteiger partial charge on any atom is -0.422 e. The van der Waals surface area contributed by atoms with Crippen molar-refractivity contribution in [3.63, 3.8) is 0 Å². The maximum absolute atomic E-state index is 12.8. The Morgan fingerprint density at radius 3 is 2.57 bits per heavy atom. The van der Waals surface area contributed by atoms with E-state index in [0.29, 0.717) is 29.9 Å². The highest BCUT2D eigenvalue weighted by atomic mass is 32.1. The van der Waals surface area contributed by atoms with Crippen LogP contribution >= 0.6 is 11.3 Å². The van der Waals surface area contributed by atoms with Crippen LogP contribution in [0.2, 0.25) is 0 Å². The molecule has 0 atom stereocenters. The van der Waals surface area contributed by atoms with Gasteiger partial charge in [0.25, 0.3) is 0 Å². The van der Waals surface area contributed by atoms with E-state index in [0.717, 1.165) is 5.39 Å². The molecule has 0 aliphatic carbocycles. The lowest BCUT2D eigenvalue weighted by Crippen LogP contribution is -2.28. The first kappa shape index (κ1) is 15.5. The van der Waals surface area contributed by atoms with Gasteiger partial charge in [0.1, 0.15) is 11.1 Å². The molecule has 0 spiro atoms. The fourth-order valence-electron chi connectivity index (χ4n) is 2.74. The van der Waals surface area contributed by atoms with Crippen LogP contribution in [0.4, 0.5) is 5.69 Å². The average Bonchev–Trinajstić information content (AvgIpc) is 3.09. The third kappa shape index (κ3) is 2.68. The molecular formula is C18H17NO3S.